The topological polar surface area (TPSA) is 105 Å². The van der Waals surface area contributed by atoms with Crippen LogP contribution in [0.15, 0.2) is 10.2 Å². The minimum atomic E-state index is -0.814. The van der Waals surface area contributed by atoms with Crippen molar-refractivity contribution in [3.8, 4) is 0 Å². The number of nitrogens with zero attached hydrogens (tertiary/aromatic N) is 2. The van der Waals surface area contributed by atoms with Crippen molar-refractivity contribution in [1.82, 2.24) is 0 Å². The Hall–Kier alpha value is -0.730. The SMILES string of the molecule is CC(C)(N=NC(C)(C)C(=[NH+][S-])[NH2+][S-])C(=N)N. The first kappa shape index (κ1) is 15.3. The Morgan fingerprint density at radius 1 is 1.25 bits per heavy atom. The van der Waals surface area contributed by atoms with Crippen molar-refractivity contribution < 1.29 is 9.12 Å². The lowest BCUT2D eigenvalue weighted by Crippen LogP contribution is -2.98. The predicted molar refractivity (Wildman–Crippen MR) is 67.6 cm³/mol. The molecule has 0 aromatic heterocycles. The zero-order valence-corrected chi connectivity index (χ0v) is 11.5. The van der Waals surface area contributed by atoms with Crippen molar-refractivity contribution in [2.45, 2.75) is 38.8 Å². The van der Waals surface area contributed by atoms with Crippen molar-refractivity contribution in [1.29, 1.82) is 5.41 Å². The zero-order chi connectivity index (χ0) is 13.0. The van der Waals surface area contributed by atoms with E-state index in [4.69, 9.17) is 36.8 Å². The summed E-state index contributed by atoms with van der Waals surface area (Å²) in [5, 5.41) is 15.5. The average molecular weight is 262 g/mol. The summed E-state index contributed by atoms with van der Waals surface area (Å²) in [7, 11) is 0. The number of hydrogen-bond donors (Lipinski definition) is 4. The van der Waals surface area contributed by atoms with Crippen LogP contribution >= 0.6 is 0 Å². The molecule has 0 amide bonds. The highest BCUT2D eigenvalue weighted by Crippen LogP contribution is 2.14. The minimum absolute atomic E-state index is 0.0396. The van der Waals surface area contributed by atoms with Gasteiger partial charge < -0.3 is 36.1 Å². The normalized spacial score (nSPS) is 14.4. The molecule has 0 atom stereocenters. The standard InChI is InChI=1S/C8H18N6S2/c1-7(2,5(9)10)13-14-8(3,4)6(11-15)12-16/h11H,12H2,1-4H3,(H3-,9,10,15). The van der Waals surface area contributed by atoms with E-state index in [1.54, 1.807) is 13.8 Å². The monoisotopic (exact) mass is 262 g/mol. The quantitative estimate of drug-likeness (QED) is 0.202. The Balaban J connectivity index is 4.97. The molecule has 8 heteroatoms. The fourth-order valence-electron chi connectivity index (χ4n) is 0.651. The molecular weight excluding hydrogens is 244 g/mol. The maximum atomic E-state index is 7.35. The van der Waals surface area contributed by atoms with Gasteiger partial charge in [0.25, 0.3) is 0 Å². The molecular formula is C8H18N6S2. The van der Waals surface area contributed by atoms with Crippen LogP contribution in [0.4, 0.5) is 0 Å². The smallest absolute Gasteiger partial charge is 0.330 e. The molecule has 0 aliphatic carbocycles. The lowest BCUT2D eigenvalue weighted by atomic mass is 10.1. The van der Waals surface area contributed by atoms with Crippen molar-refractivity contribution in [3.63, 3.8) is 0 Å². The van der Waals surface area contributed by atoms with E-state index >= 15 is 0 Å². The molecule has 6 N–H and O–H groups in total. The fourth-order valence-corrected chi connectivity index (χ4v) is 1.38. The molecule has 0 fully saturated rings. The molecule has 0 heterocycles. The van der Waals surface area contributed by atoms with Crippen LogP contribution in [0, 0.1) is 5.41 Å². The summed E-state index contributed by atoms with van der Waals surface area (Å²) in [4.78, 5) is 0. The minimum Gasteiger partial charge on any atom is -0.486 e. The summed E-state index contributed by atoms with van der Waals surface area (Å²) in [6.07, 6.45) is 0. The summed E-state index contributed by atoms with van der Waals surface area (Å²) in [5.74, 6) is 0.572. The van der Waals surface area contributed by atoms with Gasteiger partial charge in [-0.15, -0.1) is 0 Å². The van der Waals surface area contributed by atoms with Gasteiger partial charge in [0.1, 0.15) is 11.4 Å². The van der Waals surface area contributed by atoms with Crippen LogP contribution < -0.4 is 14.9 Å². The first-order valence-electron chi connectivity index (χ1n) is 4.66. The second-order valence-electron chi connectivity index (χ2n) is 4.37. The molecule has 0 unspecified atom stereocenters. The first-order chi connectivity index (χ1) is 7.17. The molecule has 0 saturated carbocycles. The highest BCUT2D eigenvalue weighted by Gasteiger charge is 2.32. The van der Waals surface area contributed by atoms with Gasteiger partial charge >= 0.3 is 5.84 Å². The number of nitrogens with one attached hydrogen (secondary N) is 2. The maximum Gasteiger partial charge on any atom is 0.330 e. The Bertz CT molecular complexity index is 320. The van der Waals surface area contributed by atoms with E-state index in [9.17, 15) is 0 Å². The molecule has 6 nitrogen and oxygen atoms in total. The van der Waals surface area contributed by atoms with Crippen LogP contribution in [0.2, 0.25) is 0 Å². The van der Waals surface area contributed by atoms with E-state index < -0.39 is 11.1 Å². The van der Waals surface area contributed by atoms with Crippen molar-refractivity contribution >= 4 is 37.3 Å². The molecule has 0 rings (SSSR count). The van der Waals surface area contributed by atoms with E-state index in [0.29, 0.717) is 5.84 Å². The zero-order valence-electron chi connectivity index (χ0n) is 9.87. The lowest BCUT2D eigenvalue weighted by molar-refractivity contribution is -0.430. The molecule has 0 bridgehead atoms. The van der Waals surface area contributed by atoms with Crippen molar-refractivity contribution in [2.75, 3.05) is 0 Å². The van der Waals surface area contributed by atoms with Crippen LogP contribution in [0.3, 0.4) is 0 Å². The van der Waals surface area contributed by atoms with Crippen LogP contribution in [0.25, 0.3) is 0 Å². The van der Waals surface area contributed by atoms with Crippen LogP contribution in [0.1, 0.15) is 27.7 Å². The second kappa shape index (κ2) is 5.55. The van der Waals surface area contributed by atoms with Gasteiger partial charge in [-0.2, -0.15) is 10.2 Å². The Morgan fingerprint density at radius 2 is 1.69 bits per heavy atom. The lowest BCUT2D eigenvalue weighted by Gasteiger charge is -2.20. The molecule has 16 heavy (non-hydrogen) atoms. The van der Waals surface area contributed by atoms with E-state index in [1.165, 1.54) is 4.72 Å². The van der Waals surface area contributed by atoms with E-state index in [-0.39, 0.29) is 5.84 Å². The number of azo groups is 1. The van der Waals surface area contributed by atoms with Crippen molar-refractivity contribution in [2.24, 2.45) is 16.0 Å². The fraction of sp³-hybridized carbons (Fsp3) is 0.750. The second-order valence-corrected chi connectivity index (χ2v) is 4.81. The van der Waals surface area contributed by atoms with Gasteiger partial charge in [0, 0.05) is 0 Å². The van der Waals surface area contributed by atoms with Crippen molar-refractivity contribution in [3.05, 3.63) is 0 Å². The molecule has 92 valence electrons. The summed E-state index contributed by atoms with van der Waals surface area (Å²) in [6.45, 7) is 7.08. The third-order valence-electron chi connectivity index (χ3n) is 2.10. The third-order valence-corrected chi connectivity index (χ3v) is 2.55. The third kappa shape index (κ3) is 4.03. The van der Waals surface area contributed by atoms with Gasteiger partial charge in [-0.05, 0) is 27.7 Å². The molecule has 0 spiro atoms. The van der Waals surface area contributed by atoms with Crippen LogP contribution in [-0.4, -0.2) is 22.7 Å². The number of rotatable bonds is 4. The summed E-state index contributed by atoms with van der Waals surface area (Å²) in [6, 6.07) is 0. The highest BCUT2D eigenvalue weighted by molar-refractivity contribution is 7.51. The number of hydrogen-bond acceptors (Lipinski definition) is 5. The number of nitrogens with two attached hydrogens (primary N) is 2. The predicted octanol–water partition coefficient (Wildman–Crippen LogP) is -2.10. The van der Waals surface area contributed by atoms with Gasteiger partial charge in [0.2, 0.25) is 5.54 Å². The number of amidine groups is 2. The van der Waals surface area contributed by atoms with Crippen LogP contribution in [0.5, 0.6) is 0 Å². The molecule has 0 aliphatic rings. The Labute approximate surface area is 107 Å². The molecule has 0 saturated heterocycles. The van der Waals surface area contributed by atoms with Crippen LogP contribution in [-0.2, 0) is 25.6 Å². The first-order valence-corrected chi connectivity index (χ1v) is 5.54. The Morgan fingerprint density at radius 3 is 2.00 bits per heavy atom. The summed E-state index contributed by atoms with van der Waals surface area (Å²) in [5.41, 5.74) is 3.94. The van der Waals surface area contributed by atoms with Gasteiger partial charge in [-0.1, -0.05) is 0 Å². The summed E-state index contributed by atoms with van der Waals surface area (Å²) >= 11 is 9.55. The van der Waals surface area contributed by atoms with Gasteiger partial charge in [0.05, 0.1) is 0 Å². The van der Waals surface area contributed by atoms with Gasteiger partial charge in [0.15, 0.2) is 0 Å². The Kier molecular flexibility index (Phi) is 5.30. The molecule has 0 aliphatic heterocycles. The largest absolute Gasteiger partial charge is 0.486 e. The maximum absolute atomic E-state index is 7.35. The average Bonchev–Trinajstić information content (AvgIpc) is 2.16. The molecule has 0 aromatic carbocycles. The van der Waals surface area contributed by atoms with Gasteiger partial charge in [-0.25, -0.2) is 0 Å². The molecule has 0 aromatic rings. The van der Waals surface area contributed by atoms with Gasteiger partial charge in [-0.3, -0.25) is 9.81 Å². The van der Waals surface area contributed by atoms with E-state index in [2.05, 4.69) is 14.6 Å². The molecule has 0 radical (unpaired) electrons. The van der Waals surface area contributed by atoms with E-state index in [0.717, 1.165) is 0 Å². The summed E-state index contributed by atoms with van der Waals surface area (Å²) < 4.78 is 4.00. The van der Waals surface area contributed by atoms with E-state index in [1.807, 2.05) is 13.8 Å². The number of quaternary nitrogens is 1. The highest BCUT2D eigenvalue weighted by atomic mass is 32.1.